The van der Waals surface area contributed by atoms with E-state index in [0.717, 1.165) is 12.2 Å². The number of anilines is 1. The number of ether oxygens (including phenoxy) is 1. The van der Waals surface area contributed by atoms with Crippen LogP contribution < -0.4 is 14.2 Å². The van der Waals surface area contributed by atoms with Crippen LogP contribution in [0.5, 0.6) is 5.75 Å². The molecule has 11 heteroatoms. The molecule has 0 amide bonds. The number of benzene rings is 2. The fourth-order valence-corrected chi connectivity index (χ4v) is 4.16. The molecule has 1 unspecified atom stereocenters. The summed E-state index contributed by atoms with van der Waals surface area (Å²) >= 11 is 0. The van der Waals surface area contributed by atoms with Crippen molar-refractivity contribution in [2.45, 2.75) is 6.54 Å². The topological polar surface area (TPSA) is 155 Å². The average Bonchev–Trinajstić information content (AvgIpc) is 3.42. The van der Waals surface area contributed by atoms with Crippen LogP contribution in [0, 0.1) is 5.92 Å². The lowest BCUT2D eigenvalue weighted by Gasteiger charge is -2.16. The molecule has 3 aromatic rings. The molecule has 180 valence electrons. The van der Waals surface area contributed by atoms with Gasteiger partial charge in [0.2, 0.25) is 23.7 Å². The number of para-hydroxylation sites is 4. The number of carbonyl (C=O) groups excluding carboxylic acids is 3. The molecule has 1 atom stereocenters. The number of Topliss-reactive ketones (excluding diaryl/α,β-unsaturated/α-hetero) is 3. The van der Waals surface area contributed by atoms with E-state index in [1.54, 1.807) is 48.5 Å². The lowest BCUT2D eigenvalue weighted by molar-refractivity contribution is -0.666. The van der Waals surface area contributed by atoms with Gasteiger partial charge in [0.15, 0.2) is 17.4 Å². The van der Waals surface area contributed by atoms with E-state index in [1.807, 2.05) is 0 Å². The van der Waals surface area contributed by atoms with E-state index in [0.29, 0.717) is 22.5 Å². The number of hydrogen-bond donors (Lipinski definition) is 2. The number of nitrogens with zero attached hydrogens (tertiary/aromatic N) is 2. The summed E-state index contributed by atoms with van der Waals surface area (Å²) in [5.41, 5.74) is 0.717. The number of carboxylic acid groups (broad SMARTS) is 2. The van der Waals surface area contributed by atoms with E-state index >= 15 is 0 Å². The number of carboxylic acids is 2. The summed E-state index contributed by atoms with van der Waals surface area (Å²) in [6.45, 7) is -1.00. The standard InChI is InChI=1S/C25H16N2O9/c28-21(29)11-26-15-5-1-3-7-17(15)35-19(26)9-13-23(32)14(25(34)24(13)33)10-20-27(12-22(30)31)16-6-2-4-8-18(16)36-20/h1-10,13H,11-12H2,(H-,28,29,30,31)/p+1/b14-10+,19-9-. The minimum atomic E-state index is -1.54. The molecule has 36 heavy (non-hydrogen) atoms. The Kier molecular flexibility index (Phi) is 5.44. The largest absolute Gasteiger partial charge is 0.480 e. The molecule has 2 N–H and O–H groups in total. The van der Waals surface area contributed by atoms with E-state index in [4.69, 9.17) is 9.15 Å². The molecule has 0 saturated heterocycles. The van der Waals surface area contributed by atoms with Gasteiger partial charge >= 0.3 is 17.8 Å². The van der Waals surface area contributed by atoms with Crippen LogP contribution in [0.1, 0.15) is 5.89 Å². The molecule has 2 aromatic carbocycles. The van der Waals surface area contributed by atoms with Gasteiger partial charge in [-0.3, -0.25) is 24.1 Å². The maximum absolute atomic E-state index is 13.2. The lowest BCUT2D eigenvalue weighted by atomic mass is 10.1. The lowest BCUT2D eigenvalue weighted by Crippen LogP contribution is -2.39. The summed E-state index contributed by atoms with van der Waals surface area (Å²) < 4.78 is 12.6. The maximum Gasteiger partial charge on any atom is 0.375 e. The normalized spacial score (nSPS) is 19.4. The summed E-state index contributed by atoms with van der Waals surface area (Å²) in [5.74, 6) is -6.63. The van der Waals surface area contributed by atoms with Crippen LogP contribution in [0.15, 0.2) is 70.5 Å². The number of allylic oxidation sites excluding steroid dienone is 2. The third-order valence-electron chi connectivity index (χ3n) is 5.74. The van der Waals surface area contributed by atoms with Crippen LogP contribution >= 0.6 is 0 Å². The average molecular weight is 489 g/mol. The molecule has 1 aromatic heterocycles. The van der Waals surface area contributed by atoms with Crippen molar-refractivity contribution in [3.8, 4) is 5.75 Å². The molecular weight excluding hydrogens is 472 g/mol. The number of ketones is 3. The minimum Gasteiger partial charge on any atom is -0.480 e. The van der Waals surface area contributed by atoms with Gasteiger partial charge in [-0.2, -0.15) is 0 Å². The number of carbonyl (C=O) groups is 5. The summed E-state index contributed by atoms with van der Waals surface area (Å²) in [7, 11) is 0. The number of oxazole rings is 1. The van der Waals surface area contributed by atoms with Crippen LogP contribution in [-0.4, -0.2) is 46.0 Å². The molecule has 1 aliphatic heterocycles. The van der Waals surface area contributed by atoms with Crippen LogP contribution in [0.25, 0.3) is 17.2 Å². The molecule has 1 saturated carbocycles. The summed E-state index contributed by atoms with van der Waals surface area (Å²) in [6.07, 6.45) is 2.18. The number of hydrogen-bond acceptors (Lipinski definition) is 8. The van der Waals surface area contributed by atoms with Crippen molar-refractivity contribution >= 4 is 52.2 Å². The molecule has 2 aliphatic rings. The molecule has 1 aliphatic carbocycles. The highest BCUT2D eigenvalue weighted by Gasteiger charge is 2.46. The zero-order valence-corrected chi connectivity index (χ0v) is 18.4. The molecule has 2 heterocycles. The van der Waals surface area contributed by atoms with Gasteiger partial charge in [0.1, 0.15) is 12.5 Å². The first-order chi connectivity index (χ1) is 17.2. The van der Waals surface area contributed by atoms with Gasteiger partial charge in [-0.05, 0) is 24.3 Å². The van der Waals surface area contributed by atoms with Crippen LogP contribution in [0.4, 0.5) is 5.69 Å². The Bertz CT molecular complexity index is 1550. The van der Waals surface area contributed by atoms with E-state index in [2.05, 4.69) is 0 Å². The molecular formula is C25H17N2O9+. The van der Waals surface area contributed by atoms with Gasteiger partial charge < -0.3 is 19.4 Å². The number of fused-ring (bicyclic) bond motifs is 2. The number of rotatable bonds is 6. The van der Waals surface area contributed by atoms with Crippen molar-refractivity contribution in [1.29, 1.82) is 0 Å². The summed E-state index contributed by atoms with van der Waals surface area (Å²) in [5, 5.41) is 18.6. The summed E-state index contributed by atoms with van der Waals surface area (Å²) in [6, 6.07) is 13.1. The molecule has 0 spiro atoms. The Labute approximate surface area is 202 Å². The first kappa shape index (κ1) is 22.7. The van der Waals surface area contributed by atoms with Gasteiger partial charge in [-0.15, -0.1) is 4.57 Å². The Morgan fingerprint density at radius 2 is 1.69 bits per heavy atom. The van der Waals surface area contributed by atoms with Crippen LogP contribution in [-0.2, 0) is 30.5 Å². The predicted molar refractivity (Wildman–Crippen MR) is 121 cm³/mol. The van der Waals surface area contributed by atoms with Gasteiger partial charge in [-0.1, -0.05) is 24.3 Å². The molecule has 0 radical (unpaired) electrons. The van der Waals surface area contributed by atoms with E-state index in [9.17, 15) is 34.2 Å². The highest BCUT2D eigenvalue weighted by molar-refractivity contribution is 6.61. The van der Waals surface area contributed by atoms with E-state index in [1.165, 1.54) is 9.47 Å². The quantitative estimate of drug-likeness (QED) is 0.170. The van der Waals surface area contributed by atoms with Crippen LogP contribution in [0.2, 0.25) is 0 Å². The fourth-order valence-electron chi connectivity index (χ4n) is 4.16. The smallest absolute Gasteiger partial charge is 0.375 e. The number of aromatic nitrogens is 1. The maximum atomic E-state index is 13.2. The van der Waals surface area contributed by atoms with Crippen molar-refractivity contribution in [3.63, 3.8) is 0 Å². The zero-order valence-electron chi connectivity index (χ0n) is 18.4. The summed E-state index contributed by atoms with van der Waals surface area (Å²) in [4.78, 5) is 62.7. The molecule has 11 nitrogen and oxygen atoms in total. The van der Waals surface area contributed by atoms with Crippen molar-refractivity contribution in [2.24, 2.45) is 5.92 Å². The monoisotopic (exact) mass is 489 g/mol. The first-order valence-electron chi connectivity index (χ1n) is 10.7. The van der Waals surface area contributed by atoms with Crippen molar-refractivity contribution < 1.29 is 47.9 Å². The Morgan fingerprint density at radius 1 is 0.972 bits per heavy atom. The van der Waals surface area contributed by atoms with Crippen molar-refractivity contribution in [1.82, 2.24) is 0 Å². The van der Waals surface area contributed by atoms with Gasteiger partial charge in [0.25, 0.3) is 5.52 Å². The van der Waals surface area contributed by atoms with Gasteiger partial charge in [0.05, 0.1) is 17.3 Å². The second-order valence-electron chi connectivity index (χ2n) is 8.04. The zero-order chi connectivity index (χ0) is 25.6. The molecule has 0 bridgehead atoms. The van der Waals surface area contributed by atoms with Crippen molar-refractivity contribution in [3.05, 3.63) is 72.0 Å². The van der Waals surface area contributed by atoms with Crippen molar-refractivity contribution in [2.75, 3.05) is 11.4 Å². The third-order valence-corrected chi connectivity index (χ3v) is 5.74. The minimum absolute atomic E-state index is 0.0657. The first-order valence-corrected chi connectivity index (χ1v) is 10.7. The van der Waals surface area contributed by atoms with Crippen LogP contribution in [0.3, 0.4) is 0 Å². The van der Waals surface area contributed by atoms with E-state index < -0.39 is 53.9 Å². The second kappa shape index (κ2) is 8.62. The Morgan fingerprint density at radius 3 is 2.44 bits per heavy atom. The Hall–Kier alpha value is -5.06. The highest BCUT2D eigenvalue weighted by atomic mass is 16.5. The fraction of sp³-hybridized carbons (Fsp3) is 0.120. The second-order valence-corrected chi connectivity index (χ2v) is 8.04. The molecule has 5 rings (SSSR count). The van der Waals surface area contributed by atoms with Gasteiger partial charge in [-0.25, -0.2) is 4.79 Å². The third kappa shape index (κ3) is 3.82. The highest BCUT2D eigenvalue weighted by Crippen LogP contribution is 2.39. The molecule has 1 fully saturated rings. The SMILES string of the molecule is O=C(O)CN1/C(=C/C2C(=O)C(=O)/C(=C/c3oc4ccccc4[n+]3CC(=O)O)C2=O)Oc2ccccc21. The predicted octanol–water partition coefficient (Wildman–Crippen LogP) is 1.35. The number of aliphatic carboxylic acids is 2. The van der Waals surface area contributed by atoms with Gasteiger partial charge in [0, 0.05) is 6.07 Å². The van der Waals surface area contributed by atoms with E-state index in [-0.39, 0.29) is 11.8 Å². The Balaban J connectivity index is 1.54.